The molecule has 3 fully saturated rings. The van der Waals surface area contributed by atoms with E-state index in [1.807, 2.05) is 6.07 Å². The van der Waals surface area contributed by atoms with Gasteiger partial charge in [0.2, 0.25) is 11.8 Å². The van der Waals surface area contributed by atoms with Gasteiger partial charge in [-0.3, -0.25) is 29.4 Å². The lowest BCUT2D eigenvalue weighted by Gasteiger charge is -2.34. The van der Waals surface area contributed by atoms with Gasteiger partial charge < -0.3 is 10.6 Å². The van der Waals surface area contributed by atoms with Crippen LogP contribution in [0, 0.1) is 11.8 Å². The molecule has 4 unspecified atom stereocenters. The van der Waals surface area contributed by atoms with Crippen LogP contribution in [-0.2, 0) is 9.59 Å². The first kappa shape index (κ1) is 18.3. The molecule has 29 heavy (non-hydrogen) atoms. The summed E-state index contributed by atoms with van der Waals surface area (Å²) in [7, 11) is 0. The Morgan fingerprint density at radius 1 is 0.966 bits per heavy atom. The molecule has 3 aliphatic heterocycles. The first-order valence-electron chi connectivity index (χ1n) is 10.4. The van der Waals surface area contributed by atoms with Gasteiger partial charge in [-0.1, -0.05) is 6.42 Å². The number of carbonyl (C=O) groups is 4. The number of fused-ring (bicyclic) bond motifs is 2. The van der Waals surface area contributed by atoms with Gasteiger partial charge in [0, 0.05) is 24.7 Å². The monoisotopic (exact) mass is 396 g/mol. The molecule has 1 saturated carbocycles. The third kappa shape index (κ3) is 3.02. The largest absolute Gasteiger partial charge is 0.382 e. The minimum absolute atomic E-state index is 0.120. The summed E-state index contributed by atoms with van der Waals surface area (Å²) in [5.74, 6) is -0.621. The minimum atomic E-state index is -0.930. The van der Waals surface area contributed by atoms with Crippen molar-refractivity contribution in [2.24, 2.45) is 11.8 Å². The Kier molecular flexibility index (Phi) is 4.38. The molecule has 5 rings (SSSR count). The lowest BCUT2D eigenvalue weighted by Crippen LogP contribution is -2.54. The fraction of sp³-hybridized carbons (Fsp3) is 0.524. The zero-order valence-electron chi connectivity index (χ0n) is 16.1. The van der Waals surface area contributed by atoms with Gasteiger partial charge >= 0.3 is 0 Å². The number of benzene rings is 1. The van der Waals surface area contributed by atoms with Crippen LogP contribution in [-0.4, -0.2) is 53.7 Å². The Bertz CT molecular complexity index is 914. The molecule has 4 atom stereocenters. The van der Waals surface area contributed by atoms with Crippen molar-refractivity contribution in [3.63, 3.8) is 0 Å². The molecule has 4 aliphatic rings. The Morgan fingerprint density at radius 2 is 1.79 bits per heavy atom. The highest BCUT2D eigenvalue weighted by Crippen LogP contribution is 2.35. The zero-order chi connectivity index (χ0) is 20.1. The van der Waals surface area contributed by atoms with E-state index in [1.165, 1.54) is 12.8 Å². The van der Waals surface area contributed by atoms with E-state index in [0.717, 1.165) is 30.1 Å². The Labute approximate surface area is 168 Å². The van der Waals surface area contributed by atoms with Crippen molar-refractivity contribution in [3.05, 3.63) is 29.3 Å². The summed E-state index contributed by atoms with van der Waals surface area (Å²) in [5, 5.41) is 9.28. The zero-order valence-corrected chi connectivity index (χ0v) is 16.1. The maximum absolute atomic E-state index is 13.0. The number of nitrogens with zero attached hydrogens (tertiary/aromatic N) is 1. The third-order valence-corrected chi connectivity index (χ3v) is 6.79. The highest BCUT2D eigenvalue weighted by atomic mass is 16.2. The van der Waals surface area contributed by atoms with Crippen molar-refractivity contribution in [2.45, 2.75) is 44.2 Å². The second-order valence-electron chi connectivity index (χ2n) is 8.47. The van der Waals surface area contributed by atoms with Gasteiger partial charge in [-0.15, -0.1) is 0 Å². The molecule has 0 radical (unpaired) electrons. The van der Waals surface area contributed by atoms with Crippen molar-refractivity contribution < 1.29 is 19.2 Å². The Balaban J connectivity index is 1.37. The molecule has 8 nitrogen and oxygen atoms in total. The first-order chi connectivity index (χ1) is 14.0. The quantitative estimate of drug-likeness (QED) is 0.655. The lowest BCUT2D eigenvalue weighted by atomic mass is 9.78. The molecule has 152 valence electrons. The first-order valence-corrected chi connectivity index (χ1v) is 10.4. The van der Waals surface area contributed by atoms with Gasteiger partial charge in [0.25, 0.3) is 11.8 Å². The van der Waals surface area contributed by atoms with Gasteiger partial charge in [0.05, 0.1) is 11.1 Å². The summed E-state index contributed by atoms with van der Waals surface area (Å²) in [6.07, 6.45) is 3.82. The molecule has 8 heteroatoms. The molecule has 2 saturated heterocycles. The smallest absolute Gasteiger partial charge is 0.262 e. The SMILES string of the molecule is O=C1CCC(N2C(=O)c3ccc(NC4CCCC5CNCC54)cc3C2=O)C(=O)N1. The topological polar surface area (TPSA) is 108 Å². The molecule has 0 bridgehead atoms. The molecule has 3 N–H and O–H groups in total. The highest BCUT2D eigenvalue weighted by Gasteiger charge is 2.45. The third-order valence-electron chi connectivity index (χ3n) is 6.79. The number of nitrogens with one attached hydrogen (secondary N) is 3. The van der Waals surface area contributed by atoms with Gasteiger partial charge in [-0.2, -0.15) is 0 Å². The van der Waals surface area contributed by atoms with E-state index in [1.54, 1.807) is 12.1 Å². The number of hydrogen-bond acceptors (Lipinski definition) is 6. The summed E-state index contributed by atoms with van der Waals surface area (Å²) in [6.45, 7) is 2.08. The predicted octanol–water partition coefficient (Wildman–Crippen LogP) is 0.888. The maximum atomic E-state index is 13.0. The van der Waals surface area contributed by atoms with Crippen molar-refractivity contribution in [1.29, 1.82) is 0 Å². The van der Waals surface area contributed by atoms with Gasteiger partial charge in [-0.25, -0.2) is 0 Å². The van der Waals surface area contributed by atoms with Crippen LogP contribution in [0.5, 0.6) is 0 Å². The van der Waals surface area contributed by atoms with Crippen LogP contribution in [0.3, 0.4) is 0 Å². The molecule has 1 aromatic carbocycles. The highest BCUT2D eigenvalue weighted by molar-refractivity contribution is 6.23. The Hall–Kier alpha value is -2.74. The van der Waals surface area contributed by atoms with Gasteiger partial charge in [0.15, 0.2) is 0 Å². The fourth-order valence-electron chi connectivity index (χ4n) is 5.31. The van der Waals surface area contributed by atoms with E-state index in [4.69, 9.17) is 0 Å². The second kappa shape index (κ2) is 6.95. The molecule has 1 aromatic rings. The van der Waals surface area contributed by atoms with Crippen LogP contribution in [0.1, 0.15) is 52.8 Å². The van der Waals surface area contributed by atoms with Crippen molar-refractivity contribution in [3.8, 4) is 0 Å². The molecule has 0 aromatic heterocycles. The van der Waals surface area contributed by atoms with E-state index >= 15 is 0 Å². The summed E-state index contributed by atoms with van der Waals surface area (Å²) in [4.78, 5) is 50.3. The number of carbonyl (C=O) groups excluding carboxylic acids is 4. The predicted molar refractivity (Wildman–Crippen MR) is 104 cm³/mol. The maximum Gasteiger partial charge on any atom is 0.262 e. The van der Waals surface area contributed by atoms with Crippen LogP contribution < -0.4 is 16.0 Å². The van der Waals surface area contributed by atoms with Gasteiger partial charge in [-0.05, 0) is 55.8 Å². The summed E-state index contributed by atoms with van der Waals surface area (Å²) >= 11 is 0. The molecule has 3 heterocycles. The van der Waals surface area contributed by atoms with E-state index in [2.05, 4.69) is 16.0 Å². The average molecular weight is 396 g/mol. The number of piperidine rings is 1. The van der Waals surface area contributed by atoms with Crippen LogP contribution in [0.2, 0.25) is 0 Å². The normalized spacial score (nSPS) is 31.5. The number of imide groups is 2. The van der Waals surface area contributed by atoms with Crippen molar-refractivity contribution >= 4 is 29.3 Å². The standard InChI is InChI=1S/C21H24N4O4/c26-18-7-6-17(19(27)24-18)25-20(28)13-5-4-12(8-14(13)21(25)29)23-16-3-1-2-11-9-22-10-15(11)16/h4-5,8,11,15-17,22-23H,1-3,6-7,9-10H2,(H,24,26,27). The summed E-state index contributed by atoms with van der Waals surface area (Å²) in [5.41, 5.74) is 1.46. The molecule has 1 aliphatic carbocycles. The molecular formula is C21H24N4O4. The van der Waals surface area contributed by atoms with E-state index in [0.29, 0.717) is 29.0 Å². The van der Waals surface area contributed by atoms with Gasteiger partial charge in [0.1, 0.15) is 6.04 Å². The average Bonchev–Trinajstić information content (AvgIpc) is 3.27. The van der Waals surface area contributed by atoms with Crippen LogP contribution in [0.4, 0.5) is 5.69 Å². The van der Waals surface area contributed by atoms with Crippen LogP contribution >= 0.6 is 0 Å². The minimum Gasteiger partial charge on any atom is -0.382 e. The lowest BCUT2D eigenvalue weighted by molar-refractivity contribution is -0.136. The van der Waals surface area contributed by atoms with Crippen molar-refractivity contribution in [2.75, 3.05) is 18.4 Å². The summed E-state index contributed by atoms with van der Waals surface area (Å²) < 4.78 is 0. The fourth-order valence-corrected chi connectivity index (χ4v) is 5.31. The number of hydrogen-bond donors (Lipinski definition) is 3. The number of rotatable bonds is 3. The van der Waals surface area contributed by atoms with Crippen LogP contribution in [0.15, 0.2) is 18.2 Å². The second-order valence-corrected chi connectivity index (χ2v) is 8.47. The number of amides is 4. The van der Waals surface area contributed by atoms with E-state index in [-0.39, 0.29) is 18.7 Å². The molecular weight excluding hydrogens is 372 g/mol. The number of anilines is 1. The van der Waals surface area contributed by atoms with Crippen LogP contribution in [0.25, 0.3) is 0 Å². The molecule has 0 spiro atoms. The summed E-state index contributed by atoms with van der Waals surface area (Å²) in [6, 6.07) is 4.65. The van der Waals surface area contributed by atoms with Crippen molar-refractivity contribution in [1.82, 2.24) is 15.5 Å². The molecule has 4 amide bonds. The Morgan fingerprint density at radius 3 is 2.62 bits per heavy atom. The van der Waals surface area contributed by atoms with E-state index < -0.39 is 23.8 Å². The van der Waals surface area contributed by atoms with E-state index in [9.17, 15) is 19.2 Å².